The first-order chi connectivity index (χ1) is 10.3. The van der Waals surface area contributed by atoms with Crippen molar-refractivity contribution in [3.63, 3.8) is 0 Å². The number of piperazine rings is 1. The Morgan fingerprint density at radius 2 is 1.76 bits per heavy atom. The van der Waals surface area contributed by atoms with Gasteiger partial charge in [-0.2, -0.15) is 0 Å². The molecule has 6 nitrogen and oxygen atoms in total. The standard InChI is InChI=1S/C15H18N4O2/c1-20-14-10-15(18-11-17-14)21-13-4-2-12(3-5-13)19-8-6-16-7-9-19/h2-5,10-11,16H,6-9H2,1H3. The van der Waals surface area contributed by atoms with Gasteiger partial charge in [0.25, 0.3) is 0 Å². The second-order valence-electron chi connectivity index (χ2n) is 4.73. The molecule has 1 aromatic carbocycles. The molecule has 1 aliphatic rings. The minimum Gasteiger partial charge on any atom is -0.481 e. The van der Waals surface area contributed by atoms with E-state index in [9.17, 15) is 0 Å². The van der Waals surface area contributed by atoms with Gasteiger partial charge in [-0.25, -0.2) is 9.97 Å². The van der Waals surface area contributed by atoms with E-state index in [0.717, 1.165) is 31.9 Å². The summed E-state index contributed by atoms with van der Waals surface area (Å²) in [6.45, 7) is 4.12. The molecule has 3 rings (SSSR count). The Kier molecular flexibility index (Phi) is 4.16. The highest BCUT2D eigenvalue weighted by Crippen LogP contribution is 2.24. The van der Waals surface area contributed by atoms with E-state index in [4.69, 9.17) is 9.47 Å². The number of ether oxygens (including phenoxy) is 2. The number of anilines is 1. The van der Waals surface area contributed by atoms with Crippen molar-refractivity contribution in [3.8, 4) is 17.5 Å². The van der Waals surface area contributed by atoms with Crippen LogP contribution in [-0.4, -0.2) is 43.3 Å². The smallest absolute Gasteiger partial charge is 0.226 e. The molecule has 1 aromatic heterocycles. The minimum atomic E-state index is 0.469. The second kappa shape index (κ2) is 6.41. The van der Waals surface area contributed by atoms with Crippen molar-refractivity contribution in [1.29, 1.82) is 0 Å². The molecule has 1 saturated heterocycles. The molecule has 2 heterocycles. The van der Waals surface area contributed by atoms with Crippen molar-refractivity contribution in [2.24, 2.45) is 0 Å². The molecule has 0 spiro atoms. The highest BCUT2D eigenvalue weighted by atomic mass is 16.5. The van der Waals surface area contributed by atoms with Gasteiger partial charge in [-0.3, -0.25) is 0 Å². The van der Waals surface area contributed by atoms with Gasteiger partial charge in [0.2, 0.25) is 11.8 Å². The molecule has 0 bridgehead atoms. The van der Waals surface area contributed by atoms with Crippen LogP contribution in [0.1, 0.15) is 0 Å². The lowest BCUT2D eigenvalue weighted by Gasteiger charge is -2.29. The Balaban J connectivity index is 1.68. The van der Waals surface area contributed by atoms with Crippen LogP contribution in [0.25, 0.3) is 0 Å². The molecule has 0 saturated carbocycles. The molecular formula is C15H18N4O2. The van der Waals surface area contributed by atoms with Gasteiger partial charge in [-0.15, -0.1) is 0 Å². The number of aromatic nitrogens is 2. The number of nitrogens with one attached hydrogen (secondary N) is 1. The Morgan fingerprint density at radius 1 is 1.05 bits per heavy atom. The zero-order valence-electron chi connectivity index (χ0n) is 12.0. The van der Waals surface area contributed by atoms with E-state index in [1.807, 2.05) is 12.1 Å². The molecule has 0 atom stereocenters. The normalized spacial score (nSPS) is 14.8. The molecule has 0 amide bonds. The largest absolute Gasteiger partial charge is 0.481 e. The number of rotatable bonds is 4. The van der Waals surface area contributed by atoms with Crippen LogP contribution in [0, 0.1) is 0 Å². The van der Waals surface area contributed by atoms with Gasteiger partial charge in [0.05, 0.1) is 13.2 Å². The van der Waals surface area contributed by atoms with Crippen molar-refractivity contribution in [3.05, 3.63) is 36.7 Å². The van der Waals surface area contributed by atoms with Crippen LogP contribution in [0.2, 0.25) is 0 Å². The summed E-state index contributed by atoms with van der Waals surface area (Å²) in [7, 11) is 1.56. The van der Waals surface area contributed by atoms with Gasteiger partial charge in [-0.05, 0) is 24.3 Å². The number of hydrogen-bond acceptors (Lipinski definition) is 6. The third kappa shape index (κ3) is 3.41. The van der Waals surface area contributed by atoms with Crippen molar-refractivity contribution >= 4 is 5.69 Å². The predicted octanol–water partition coefficient (Wildman–Crippen LogP) is 1.69. The van der Waals surface area contributed by atoms with Gasteiger partial charge in [0, 0.05) is 31.9 Å². The quantitative estimate of drug-likeness (QED) is 0.923. The average molecular weight is 286 g/mol. The molecule has 2 aromatic rings. The SMILES string of the molecule is COc1cc(Oc2ccc(N3CCNCC3)cc2)ncn1. The third-order valence-corrected chi connectivity index (χ3v) is 3.37. The first-order valence-electron chi connectivity index (χ1n) is 6.95. The highest BCUT2D eigenvalue weighted by molar-refractivity contribution is 5.49. The van der Waals surface area contributed by atoms with E-state index in [1.54, 1.807) is 13.2 Å². The first-order valence-corrected chi connectivity index (χ1v) is 6.95. The average Bonchev–Trinajstić information content (AvgIpc) is 2.56. The Morgan fingerprint density at radius 3 is 2.48 bits per heavy atom. The van der Waals surface area contributed by atoms with E-state index < -0.39 is 0 Å². The Hall–Kier alpha value is -2.34. The molecule has 0 aliphatic carbocycles. The van der Waals surface area contributed by atoms with Crippen molar-refractivity contribution < 1.29 is 9.47 Å². The van der Waals surface area contributed by atoms with Crippen LogP contribution in [-0.2, 0) is 0 Å². The van der Waals surface area contributed by atoms with Gasteiger partial charge in [-0.1, -0.05) is 0 Å². The number of benzene rings is 1. The summed E-state index contributed by atoms with van der Waals surface area (Å²) >= 11 is 0. The van der Waals surface area contributed by atoms with Crippen LogP contribution < -0.4 is 19.7 Å². The maximum absolute atomic E-state index is 5.70. The van der Waals surface area contributed by atoms with Crippen LogP contribution in [0.15, 0.2) is 36.7 Å². The third-order valence-electron chi connectivity index (χ3n) is 3.37. The molecule has 1 N–H and O–H groups in total. The summed E-state index contributed by atoms with van der Waals surface area (Å²) in [5, 5.41) is 3.35. The molecule has 1 aliphatic heterocycles. The Bertz CT molecular complexity index is 582. The first kappa shape index (κ1) is 13.6. The second-order valence-corrected chi connectivity index (χ2v) is 4.73. The van der Waals surface area contributed by atoms with E-state index in [0.29, 0.717) is 11.8 Å². The fourth-order valence-electron chi connectivity index (χ4n) is 2.26. The van der Waals surface area contributed by atoms with Crippen LogP contribution >= 0.6 is 0 Å². The van der Waals surface area contributed by atoms with Crippen molar-refractivity contribution in [2.75, 3.05) is 38.2 Å². The highest BCUT2D eigenvalue weighted by Gasteiger charge is 2.10. The van der Waals surface area contributed by atoms with E-state index in [1.165, 1.54) is 12.0 Å². The maximum atomic E-state index is 5.70. The summed E-state index contributed by atoms with van der Waals surface area (Å²) in [5.41, 5.74) is 1.21. The fourth-order valence-corrected chi connectivity index (χ4v) is 2.26. The molecule has 1 fully saturated rings. The molecule has 6 heteroatoms. The number of nitrogens with zero attached hydrogens (tertiary/aromatic N) is 3. The van der Waals surface area contributed by atoms with Crippen LogP contribution in [0.3, 0.4) is 0 Å². The number of methoxy groups -OCH3 is 1. The topological polar surface area (TPSA) is 59.5 Å². The summed E-state index contributed by atoms with van der Waals surface area (Å²) in [6, 6.07) is 9.69. The summed E-state index contributed by atoms with van der Waals surface area (Å²) in [5.74, 6) is 1.70. The van der Waals surface area contributed by atoms with Crippen LogP contribution in [0.4, 0.5) is 5.69 Å². The lowest BCUT2D eigenvalue weighted by atomic mass is 10.2. The van der Waals surface area contributed by atoms with Gasteiger partial charge in [0.1, 0.15) is 12.1 Å². The monoisotopic (exact) mass is 286 g/mol. The van der Waals surface area contributed by atoms with E-state index >= 15 is 0 Å². The van der Waals surface area contributed by atoms with Crippen molar-refractivity contribution in [1.82, 2.24) is 15.3 Å². The summed E-state index contributed by atoms with van der Waals surface area (Å²) in [6.07, 6.45) is 1.42. The fraction of sp³-hybridized carbons (Fsp3) is 0.333. The molecule has 110 valence electrons. The predicted molar refractivity (Wildman–Crippen MR) is 80.2 cm³/mol. The van der Waals surface area contributed by atoms with Gasteiger partial charge >= 0.3 is 0 Å². The zero-order valence-corrected chi connectivity index (χ0v) is 12.0. The minimum absolute atomic E-state index is 0.469. The summed E-state index contributed by atoms with van der Waals surface area (Å²) in [4.78, 5) is 10.4. The lowest BCUT2D eigenvalue weighted by molar-refractivity contribution is 0.388. The van der Waals surface area contributed by atoms with E-state index in [-0.39, 0.29) is 0 Å². The lowest BCUT2D eigenvalue weighted by Crippen LogP contribution is -2.43. The van der Waals surface area contributed by atoms with Crippen molar-refractivity contribution in [2.45, 2.75) is 0 Å². The molecule has 0 radical (unpaired) electrons. The molecule has 0 unspecified atom stereocenters. The van der Waals surface area contributed by atoms with Gasteiger partial charge in [0.15, 0.2) is 0 Å². The zero-order chi connectivity index (χ0) is 14.5. The van der Waals surface area contributed by atoms with Crippen LogP contribution in [0.5, 0.6) is 17.5 Å². The molecular weight excluding hydrogens is 268 g/mol. The van der Waals surface area contributed by atoms with Gasteiger partial charge < -0.3 is 19.7 Å². The summed E-state index contributed by atoms with van der Waals surface area (Å²) < 4.78 is 10.7. The van der Waals surface area contributed by atoms with E-state index in [2.05, 4.69) is 32.3 Å². The molecule has 21 heavy (non-hydrogen) atoms. The Labute approximate surface area is 123 Å². The number of hydrogen-bond donors (Lipinski definition) is 1. The maximum Gasteiger partial charge on any atom is 0.226 e.